The van der Waals surface area contributed by atoms with Crippen molar-refractivity contribution in [2.24, 2.45) is 11.8 Å². The molecule has 0 aliphatic heterocycles. The van der Waals surface area contributed by atoms with E-state index in [0.29, 0.717) is 5.78 Å². The highest BCUT2D eigenvalue weighted by atomic mass is 16.1. The fraction of sp³-hybridized carbons (Fsp3) is 0.688. The van der Waals surface area contributed by atoms with Crippen molar-refractivity contribution < 1.29 is 4.79 Å². The van der Waals surface area contributed by atoms with E-state index in [1.165, 1.54) is 0 Å². The molecule has 1 heteroatoms. The third kappa shape index (κ3) is 5.86. The number of hydrogen-bond donors (Lipinski definition) is 0. The first-order valence-electron chi connectivity index (χ1n) is 7.05. The first-order valence-corrected chi connectivity index (χ1v) is 7.05. The van der Waals surface area contributed by atoms with Crippen LogP contribution in [-0.4, -0.2) is 5.78 Å². The molecule has 17 heavy (non-hydrogen) atoms. The summed E-state index contributed by atoms with van der Waals surface area (Å²) in [6, 6.07) is 0. The Morgan fingerprint density at radius 2 is 1.53 bits per heavy atom. The second-order valence-electron chi connectivity index (χ2n) is 5.28. The quantitative estimate of drug-likeness (QED) is 0.634. The Kier molecular flexibility index (Phi) is 6.91. The van der Waals surface area contributed by atoms with Gasteiger partial charge in [-0.05, 0) is 44.9 Å². The normalized spacial score (nSPS) is 23.1. The van der Waals surface area contributed by atoms with Gasteiger partial charge >= 0.3 is 0 Å². The van der Waals surface area contributed by atoms with E-state index in [0.717, 1.165) is 44.9 Å². The summed E-state index contributed by atoms with van der Waals surface area (Å²) in [6.45, 7) is 4.04. The molecule has 0 spiro atoms. The number of Topliss-reactive ketones (excluding diaryl/α,β-unsaturated/α-hetero) is 1. The van der Waals surface area contributed by atoms with Crippen molar-refractivity contribution in [1.82, 2.24) is 0 Å². The maximum absolute atomic E-state index is 12.1. The van der Waals surface area contributed by atoms with Gasteiger partial charge in [0.05, 0.1) is 0 Å². The van der Waals surface area contributed by atoms with E-state index < -0.39 is 0 Å². The molecule has 0 aromatic heterocycles. The Labute approximate surface area is 106 Å². The van der Waals surface area contributed by atoms with E-state index in [4.69, 9.17) is 0 Å². The number of ketones is 1. The molecule has 1 atom stereocenters. The Morgan fingerprint density at radius 1 is 0.941 bits per heavy atom. The van der Waals surface area contributed by atoms with Crippen LogP contribution in [0.5, 0.6) is 0 Å². The van der Waals surface area contributed by atoms with Crippen LogP contribution in [0.15, 0.2) is 24.3 Å². The topological polar surface area (TPSA) is 17.1 Å². The second-order valence-corrected chi connectivity index (χ2v) is 5.28. The minimum atomic E-state index is 0.187. The Bertz CT molecular complexity index is 273. The summed E-state index contributed by atoms with van der Waals surface area (Å²) < 4.78 is 0. The Balaban J connectivity index is 2.53. The number of allylic oxidation sites excluding steroid dienone is 4. The summed E-state index contributed by atoms with van der Waals surface area (Å²) in [7, 11) is 0. The maximum Gasteiger partial charge on any atom is 0.138 e. The van der Waals surface area contributed by atoms with Crippen LogP contribution in [0.4, 0.5) is 0 Å². The van der Waals surface area contributed by atoms with Crippen LogP contribution in [0.3, 0.4) is 0 Å². The van der Waals surface area contributed by atoms with Crippen LogP contribution < -0.4 is 0 Å². The lowest BCUT2D eigenvalue weighted by Gasteiger charge is -2.17. The number of hydrogen-bond acceptors (Lipinski definition) is 1. The Hall–Kier alpha value is -0.850. The average Bonchev–Trinajstić information content (AvgIpc) is 2.29. The van der Waals surface area contributed by atoms with E-state index in [2.05, 4.69) is 24.3 Å². The molecule has 0 heterocycles. The standard InChI is InChI=1S/C16H26O/c1-14(2)16(17)15-12-10-8-6-4-3-5-7-9-11-13-15/h4,6-7,9,14-15H,3,5,8,10-13H2,1-2H3. The molecule has 0 fully saturated rings. The van der Waals surface area contributed by atoms with Gasteiger partial charge in [-0.15, -0.1) is 0 Å². The van der Waals surface area contributed by atoms with E-state index in [9.17, 15) is 4.79 Å². The zero-order chi connectivity index (χ0) is 12.5. The van der Waals surface area contributed by atoms with E-state index in [1.54, 1.807) is 0 Å². The van der Waals surface area contributed by atoms with E-state index in [1.807, 2.05) is 13.8 Å². The molecule has 0 saturated carbocycles. The van der Waals surface area contributed by atoms with Crippen molar-refractivity contribution in [3.8, 4) is 0 Å². The third-order valence-corrected chi connectivity index (χ3v) is 3.41. The highest BCUT2D eigenvalue weighted by Crippen LogP contribution is 2.21. The highest BCUT2D eigenvalue weighted by Gasteiger charge is 2.19. The van der Waals surface area contributed by atoms with Crippen molar-refractivity contribution in [2.75, 3.05) is 0 Å². The maximum atomic E-state index is 12.1. The van der Waals surface area contributed by atoms with Crippen LogP contribution in [0.25, 0.3) is 0 Å². The van der Waals surface area contributed by atoms with Gasteiger partial charge in [0.25, 0.3) is 0 Å². The van der Waals surface area contributed by atoms with Gasteiger partial charge in [0.2, 0.25) is 0 Å². The summed E-state index contributed by atoms with van der Waals surface area (Å²) in [5.41, 5.74) is 0. The summed E-state index contributed by atoms with van der Waals surface area (Å²) in [4.78, 5) is 12.1. The van der Waals surface area contributed by atoms with Gasteiger partial charge in [-0.2, -0.15) is 0 Å². The molecule has 96 valence electrons. The first-order chi connectivity index (χ1) is 8.22. The van der Waals surface area contributed by atoms with E-state index >= 15 is 0 Å². The molecule has 1 rings (SSSR count). The smallest absolute Gasteiger partial charge is 0.138 e. The van der Waals surface area contributed by atoms with Crippen LogP contribution in [0.2, 0.25) is 0 Å². The number of carbonyl (C=O) groups excluding carboxylic acids is 1. The molecule has 0 N–H and O–H groups in total. The summed E-state index contributed by atoms with van der Waals surface area (Å²) in [5, 5.41) is 0. The molecule has 0 amide bonds. The lowest BCUT2D eigenvalue weighted by Crippen LogP contribution is -2.19. The zero-order valence-corrected chi connectivity index (χ0v) is 11.3. The Morgan fingerprint density at radius 3 is 2.18 bits per heavy atom. The monoisotopic (exact) mass is 234 g/mol. The third-order valence-electron chi connectivity index (χ3n) is 3.41. The van der Waals surface area contributed by atoms with Crippen molar-refractivity contribution in [3.63, 3.8) is 0 Å². The molecule has 0 aromatic carbocycles. The van der Waals surface area contributed by atoms with Gasteiger partial charge in [-0.25, -0.2) is 0 Å². The SMILES string of the molecule is CC(C)C(=O)C1CCC=CCCC=CCCC1. The van der Waals surface area contributed by atoms with Gasteiger partial charge in [0.15, 0.2) is 0 Å². The number of rotatable bonds is 2. The fourth-order valence-electron chi connectivity index (χ4n) is 2.34. The predicted octanol–water partition coefficient (Wildman–Crippen LogP) is 4.68. The zero-order valence-electron chi connectivity index (χ0n) is 11.3. The van der Waals surface area contributed by atoms with Gasteiger partial charge in [0, 0.05) is 11.8 Å². The second kappa shape index (κ2) is 8.27. The molecule has 0 radical (unpaired) electrons. The first kappa shape index (κ1) is 14.2. The minimum Gasteiger partial charge on any atom is -0.299 e. The van der Waals surface area contributed by atoms with Crippen LogP contribution in [-0.2, 0) is 4.79 Å². The lowest BCUT2D eigenvalue weighted by atomic mass is 9.87. The summed E-state index contributed by atoms with van der Waals surface area (Å²) >= 11 is 0. The molecule has 1 unspecified atom stereocenters. The highest BCUT2D eigenvalue weighted by molar-refractivity contribution is 5.82. The van der Waals surface area contributed by atoms with Crippen molar-refractivity contribution in [2.45, 2.75) is 58.8 Å². The molecule has 0 bridgehead atoms. The molecular formula is C16H26O. The lowest BCUT2D eigenvalue weighted by molar-refractivity contribution is -0.126. The van der Waals surface area contributed by atoms with Crippen LogP contribution >= 0.6 is 0 Å². The van der Waals surface area contributed by atoms with Gasteiger partial charge in [0.1, 0.15) is 5.78 Å². The molecule has 1 aliphatic rings. The number of carbonyl (C=O) groups is 1. The predicted molar refractivity (Wildman–Crippen MR) is 73.9 cm³/mol. The molecule has 1 aliphatic carbocycles. The van der Waals surface area contributed by atoms with Gasteiger partial charge in [-0.1, -0.05) is 38.2 Å². The van der Waals surface area contributed by atoms with Crippen molar-refractivity contribution in [3.05, 3.63) is 24.3 Å². The van der Waals surface area contributed by atoms with Crippen molar-refractivity contribution >= 4 is 5.78 Å². The van der Waals surface area contributed by atoms with Gasteiger partial charge < -0.3 is 0 Å². The van der Waals surface area contributed by atoms with Crippen molar-refractivity contribution in [1.29, 1.82) is 0 Å². The molecule has 1 nitrogen and oxygen atoms in total. The van der Waals surface area contributed by atoms with E-state index in [-0.39, 0.29) is 11.8 Å². The summed E-state index contributed by atoms with van der Waals surface area (Å²) in [6.07, 6.45) is 16.8. The minimum absolute atomic E-state index is 0.187. The van der Waals surface area contributed by atoms with Crippen LogP contribution in [0, 0.1) is 11.8 Å². The fourth-order valence-corrected chi connectivity index (χ4v) is 2.34. The van der Waals surface area contributed by atoms with Gasteiger partial charge in [-0.3, -0.25) is 4.79 Å². The summed E-state index contributed by atoms with van der Waals surface area (Å²) in [5.74, 6) is 0.930. The molecule has 0 aromatic rings. The average molecular weight is 234 g/mol. The largest absolute Gasteiger partial charge is 0.299 e. The molecule has 0 saturated heterocycles. The molecular weight excluding hydrogens is 208 g/mol. The van der Waals surface area contributed by atoms with Crippen LogP contribution in [0.1, 0.15) is 58.8 Å².